The third kappa shape index (κ3) is 9.72. The lowest BCUT2D eigenvalue weighted by Crippen LogP contribution is -2.33. The lowest BCUT2D eigenvalue weighted by atomic mass is 10.4. The zero-order chi connectivity index (χ0) is 12.6. The number of carbonyl (C=O) groups excluding carboxylic acids is 1. The number of hydrogen-bond donors (Lipinski definition) is 1. The first kappa shape index (κ1) is 15.2. The summed E-state index contributed by atoms with van der Waals surface area (Å²) in [4.78, 5) is 12.5. The average Bonchev–Trinajstić information content (AvgIpc) is 2.14. The highest BCUT2D eigenvalue weighted by Gasteiger charge is 2.27. The largest absolute Gasteiger partial charge is 0.411 e. The second kappa shape index (κ2) is 7.45. The summed E-state index contributed by atoms with van der Waals surface area (Å²) in [5.41, 5.74) is 0. The third-order valence-electron chi connectivity index (χ3n) is 1.68. The van der Waals surface area contributed by atoms with Crippen LogP contribution in [0.15, 0.2) is 0 Å². The van der Waals surface area contributed by atoms with Gasteiger partial charge < -0.3 is 15.0 Å². The van der Waals surface area contributed by atoms with Gasteiger partial charge in [-0.3, -0.25) is 4.79 Å². The van der Waals surface area contributed by atoms with Crippen LogP contribution >= 0.6 is 0 Å². The van der Waals surface area contributed by atoms with Gasteiger partial charge in [-0.25, -0.2) is 0 Å². The van der Waals surface area contributed by atoms with Crippen molar-refractivity contribution in [1.29, 1.82) is 0 Å². The van der Waals surface area contributed by atoms with Crippen molar-refractivity contribution in [1.82, 2.24) is 10.2 Å². The van der Waals surface area contributed by atoms with E-state index in [1.807, 2.05) is 0 Å². The molecule has 0 spiro atoms. The Hall–Kier alpha value is -0.820. The summed E-state index contributed by atoms with van der Waals surface area (Å²) in [6.07, 6.45) is -3.83. The summed E-state index contributed by atoms with van der Waals surface area (Å²) in [6, 6.07) is 0. The van der Waals surface area contributed by atoms with Gasteiger partial charge in [0.25, 0.3) is 0 Å². The van der Waals surface area contributed by atoms with E-state index < -0.39 is 12.8 Å². The Kier molecular flexibility index (Phi) is 7.07. The molecule has 1 N–H and O–H groups in total. The van der Waals surface area contributed by atoms with Crippen LogP contribution in [0.25, 0.3) is 0 Å². The Morgan fingerprint density at radius 1 is 1.38 bits per heavy atom. The molecule has 0 bridgehead atoms. The number of rotatable bonds is 7. The van der Waals surface area contributed by atoms with Gasteiger partial charge >= 0.3 is 6.18 Å². The number of hydrogen-bond acceptors (Lipinski definition) is 3. The molecule has 0 aliphatic rings. The lowest BCUT2D eigenvalue weighted by molar-refractivity contribution is -0.173. The predicted octanol–water partition coefficient (Wildman–Crippen LogP) is 0.633. The first-order chi connectivity index (χ1) is 7.33. The number of carbonyl (C=O) groups is 1. The van der Waals surface area contributed by atoms with Crippen LogP contribution in [0.5, 0.6) is 0 Å². The number of nitrogens with zero attached hydrogens (tertiary/aromatic N) is 1. The molecule has 0 radical (unpaired) electrons. The second-order valence-corrected chi connectivity index (χ2v) is 3.49. The summed E-state index contributed by atoms with van der Waals surface area (Å²) in [5, 5.41) is 2.81. The van der Waals surface area contributed by atoms with E-state index in [0.29, 0.717) is 13.0 Å². The Bertz CT molecular complexity index is 207. The van der Waals surface area contributed by atoms with Gasteiger partial charge in [-0.1, -0.05) is 0 Å². The third-order valence-corrected chi connectivity index (χ3v) is 1.68. The highest BCUT2D eigenvalue weighted by Crippen LogP contribution is 2.14. The van der Waals surface area contributed by atoms with Crippen LogP contribution < -0.4 is 5.32 Å². The van der Waals surface area contributed by atoms with Crippen molar-refractivity contribution < 1.29 is 22.7 Å². The normalized spacial score (nSPS) is 11.6. The molecule has 96 valence electrons. The fourth-order valence-electron chi connectivity index (χ4n) is 0.841. The van der Waals surface area contributed by atoms with E-state index >= 15 is 0 Å². The first-order valence-corrected chi connectivity index (χ1v) is 4.88. The number of halogens is 3. The number of nitrogens with one attached hydrogen (secondary N) is 1. The molecule has 0 fully saturated rings. The standard InChI is InChI=1S/C9H17F3N2O2/c1-14(2)8(15)6-13-4-3-5-16-7-9(10,11)12/h13H,3-7H2,1-2H3. The molecule has 0 atom stereocenters. The summed E-state index contributed by atoms with van der Waals surface area (Å²) in [5.74, 6) is -0.0730. The van der Waals surface area contributed by atoms with E-state index in [1.165, 1.54) is 4.90 Å². The minimum Gasteiger partial charge on any atom is -0.372 e. The number of ether oxygens (including phenoxy) is 1. The highest BCUT2D eigenvalue weighted by atomic mass is 19.4. The van der Waals surface area contributed by atoms with Gasteiger partial charge in [-0.15, -0.1) is 0 Å². The fourth-order valence-corrected chi connectivity index (χ4v) is 0.841. The smallest absolute Gasteiger partial charge is 0.372 e. The minimum absolute atomic E-state index is 0.0304. The maximum absolute atomic E-state index is 11.6. The molecule has 0 unspecified atom stereocenters. The van der Waals surface area contributed by atoms with Gasteiger partial charge in [0.05, 0.1) is 6.54 Å². The molecular weight excluding hydrogens is 225 g/mol. The van der Waals surface area contributed by atoms with Crippen molar-refractivity contribution in [2.24, 2.45) is 0 Å². The van der Waals surface area contributed by atoms with Gasteiger partial charge in [0.15, 0.2) is 0 Å². The van der Waals surface area contributed by atoms with Gasteiger partial charge in [0.2, 0.25) is 5.91 Å². The van der Waals surface area contributed by atoms with Gasteiger partial charge in [-0.2, -0.15) is 13.2 Å². The minimum atomic E-state index is -4.27. The molecule has 4 nitrogen and oxygen atoms in total. The topological polar surface area (TPSA) is 41.6 Å². The molecule has 7 heteroatoms. The maximum Gasteiger partial charge on any atom is 0.411 e. The number of alkyl halides is 3. The molecule has 16 heavy (non-hydrogen) atoms. The molecule has 0 rings (SSSR count). The van der Waals surface area contributed by atoms with Crippen LogP contribution in [-0.2, 0) is 9.53 Å². The van der Waals surface area contributed by atoms with Crippen LogP contribution in [0, 0.1) is 0 Å². The summed E-state index contributed by atoms with van der Waals surface area (Å²) in [6.45, 7) is -0.546. The molecule has 0 aromatic carbocycles. The van der Waals surface area contributed by atoms with E-state index in [0.717, 1.165) is 0 Å². The molecule has 0 aromatic rings. The first-order valence-electron chi connectivity index (χ1n) is 4.88. The Labute approximate surface area is 92.7 Å². The molecular formula is C9H17F3N2O2. The predicted molar refractivity (Wildman–Crippen MR) is 53.1 cm³/mol. The zero-order valence-electron chi connectivity index (χ0n) is 9.43. The van der Waals surface area contributed by atoms with Crippen molar-refractivity contribution in [3.8, 4) is 0 Å². The Balaban J connectivity index is 3.26. The van der Waals surface area contributed by atoms with E-state index in [2.05, 4.69) is 10.1 Å². The van der Waals surface area contributed by atoms with Crippen molar-refractivity contribution in [3.05, 3.63) is 0 Å². The van der Waals surface area contributed by atoms with Gasteiger partial charge in [0, 0.05) is 20.7 Å². The van der Waals surface area contributed by atoms with Crippen molar-refractivity contribution in [2.45, 2.75) is 12.6 Å². The summed E-state index contributed by atoms with van der Waals surface area (Å²) >= 11 is 0. The van der Waals surface area contributed by atoms with E-state index in [1.54, 1.807) is 14.1 Å². The van der Waals surface area contributed by atoms with Crippen LogP contribution in [0.2, 0.25) is 0 Å². The molecule has 0 heterocycles. The summed E-state index contributed by atoms with van der Waals surface area (Å²) in [7, 11) is 3.27. The van der Waals surface area contributed by atoms with Crippen LogP contribution in [0.3, 0.4) is 0 Å². The molecule has 0 saturated heterocycles. The monoisotopic (exact) mass is 242 g/mol. The lowest BCUT2D eigenvalue weighted by Gasteiger charge is -2.11. The molecule has 0 aliphatic heterocycles. The quantitative estimate of drug-likeness (QED) is 0.666. The fraction of sp³-hybridized carbons (Fsp3) is 0.889. The van der Waals surface area contributed by atoms with Crippen LogP contribution in [0.1, 0.15) is 6.42 Å². The highest BCUT2D eigenvalue weighted by molar-refractivity contribution is 5.77. The molecule has 0 saturated carbocycles. The van der Waals surface area contributed by atoms with Crippen molar-refractivity contribution >= 4 is 5.91 Å². The number of amides is 1. The van der Waals surface area contributed by atoms with E-state index in [9.17, 15) is 18.0 Å². The molecule has 1 amide bonds. The zero-order valence-corrected chi connectivity index (χ0v) is 9.43. The summed E-state index contributed by atoms with van der Waals surface area (Å²) < 4.78 is 39.3. The Morgan fingerprint density at radius 3 is 2.50 bits per heavy atom. The van der Waals surface area contributed by atoms with E-state index in [4.69, 9.17) is 0 Å². The van der Waals surface area contributed by atoms with Crippen molar-refractivity contribution in [2.75, 3.05) is 40.4 Å². The maximum atomic E-state index is 11.6. The Morgan fingerprint density at radius 2 is 2.00 bits per heavy atom. The van der Waals surface area contributed by atoms with Crippen LogP contribution in [0.4, 0.5) is 13.2 Å². The average molecular weight is 242 g/mol. The SMILES string of the molecule is CN(C)C(=O)CNCCCOCC(F)(F)F. The van der Waals surface area contributed by atoms with E-state index in [-0.39, 0.29) is 19.1 Å². The number of likely N-dealkylation sites (N-methyl/N-ethyl adjacent to an activating group) is 1. The van der Waals surface area contributed by atoms with Gasteiger partial charge in [0.1, 0.15) is 6.61 Å². The molecule has 0 aromatic heterocycles. The van der Waals surface area contributed by atoms with Crippen LogP contribution in [-0.4, -0.2) is 57.4 Å². The molecule has 0 aliphatic carbocycles. The second-order valence-electron chi connectivity index (χ2n) is 3.49. The van der Waals surface area contributed by atoms with Gasteiger partial charge in [-0.05, 0) is 13.0 Å². The van der Waals surface area contributed by atoms with Crippen molar-refractivity contribution in [3.63, 3.8) is 0 Å².